The summed E-state index contributed by atoms with van der Waals surface area (Å²) in [6.07, 6.45) is 0. The Hall–Kier alpha value is -2.68. The third kappa shape index (κ3) is 2.70. The number of benzene rings is 1. The number of hydrogen-bond acceptors (Lipinski definition) is 6. The van der Waals surface area contributed by atoms with Gasteiger partial charge < -0.3 is 9.80 Å². The van der Waals surface area contributed by atoms with Gasteiger partial charge in [0.1, 0.15) is 10.7 Å². The van der Waals surface area contributed by atoms with Crippen molar-refractivity contribution in [3.05, 3.63) is 52.3 Å². The van der Waals surface area contributed by atoms with Gasteiger partial charge in [-0.3, -0.25) is 4.79 Å². The van der Waals surface area contributed by atoms with Crippen LogP contribution in [0.5, 0.6) is 0 Å². The van der Waals surface area contributed by atoms with Crippen molar-refractivity contribution in [1.29, 1.82) is 0 Å². The lowest BCUT2D eigenvalue weighted by molar-refractivity contribution is 0.384. The van der Waals surface area contributed by atoms with Gasteiger partial charge in [-0.25, -0.2) is 4.68 Å². The molecule has 2 aliphatic rings. The Kier molecular flexibility index (Phi) is 3.60. The molecule has 0 amide bonds. The lowest BCUT2D eigenvalue weighted by atomic mass is 10.1. The molecule has 0 radical (unpaired) electrons. The smallest absolute Gasteiger partial charge is 0.285 e. The summed E-state index contributed by atoms with van der Waals surface area (Å²) in [5, 5.41) is 4.26. The monoisotopic (exact) mass is 359 g/mol. The Morgan fingerprint density at radius 2 is 1.64 bits per heavy atom. The predicted molar refractivity (Wildman–Crippen MR) is 93.4 cm³/mol. The maximum atomic E-state index is 12.2. The lowest BCUT2D eigenvalue weighted by Gasteiger charge is -2.36. The molecule has 9 heteroatoms. The van der Waals surface area contributed by atoms with Gasteiger partial charge in [0.05, 0.1) is 0 Å². The van der Waals surface area contributed by atoms with Crippen molar-refractivity contribution in [2.45, 2.75) is 4.90 Å². The van der Waals surface area contributed by atoms with Crippen molar-refractivity contribution in [3.8, 4) is 0 Å². The molecule has 4 rings (SSSR count). The maximum absolute atomic E-state index is 12.2. The average molecular weight is 359 g/mol. The first-order valence-electron chi connectivity index (χ1n) is 7.94. The van der Waals surface area contributed by atoms with Gasteiger partial charge in [-0.05, 0) is 18.2 Å². The van der Waals surface area contributed by atoms with E-state index in [-0.39, 0.29) is 10.5 Å². The zero-order valence-electron chi connectivity index (χ0n) is 13.7. The van der Waals surface area contributed by atoms with Crippen LogP contribution in [0.1, 0.15) is 5.56 Å². The fraction of sp³-hybridized carbons (Fsp3) is 0.312. The Morgan fingerprint density at radius 1 is 0.960 bits per heavy atom. The molecule has 0 unspecified atom stereocenters. The Morgan fingerprint density at radius 3 is 2.36 bits per heavy atom. The second-order valence-electron chi connectivity index (χ2n) is 6.01. The topological polar surface area (TPSA) is 87.9 Å². The lowest BCUT2D eigenvalue weighted by Crippen LogP contribution is -2.49. The number of piperazine rings is 1. The zero-order chi connectivity index (χ0) is 17.6. The number of aryl methyl sites for hydroxylation is 1. The standard InChI is InChI=1S/C16H17N5O3S/c1-19-15(22)7-6-14(17-19)20-8-10-21(11-9-20)16-12-4-2-3-5-13(12)25(23,24)18-16/h2-7H,8-11H2,1H3. The minimum absolute atomic E-state index is 0.149. The Balaban J connectivity index is 1.55. The molecule has 2 aromatic rings. The Bertz CT molecular complexity index is 1020. The van der Waals surface area contributed by atoms with Gasteiger partial charge in [0, 0.05) is 44.9 Å². The van der Waals surface area contributed by atoms with Gasteiger partial charge in [-0.1, -0.05) is 12.1 Å². The molecule has 1 aromatic carbocycles. The summed E-state index contributed by atoms with van der Waals surface area (Å²) in [5.41, 5.74) is 0.515. The molecule has 3 heterocycles. The summed E-state index contributed by atoms with van der Waals surface area (Å²) in [7, 11) is -1.98. The first-order valence-corrected chi connectivity index (χ1v) is 9.38. The quantitative estimate of drug-likeness (QED) is 0.715. The van der Waals surface area contributed by atoms with Crippen molar-refractivity contribution in [2.24, 2.45) is 11.4 Å². The second kappa shape index (κ2) is 5.69. The number of sulfonamides is 1. The first-order chi connectivity index (χ1) is 12.0. The fourth-order valence-electron chi connectivity index (χ4n) is 3.12. The second-order valence-corrected chi connectivity index (χ2v) is 7.59. The molecule has 1 saturated heterocycles. The van der Waals surface area contributed by atoms with E-state index in [1.54, 1.807) is 31.3 Å². The van der Waals surface area contributed by atoms with Crippen LogP contribution in [0.25, 0.3) is 0 Å². The van der Waals surface area contributed by atoms with Crippen LogP contribution in [-0.4, -0.2) is 55.1 Å². The summed E-state index contributed by atoms with van der Waals surface area (Å²) in [5.74, 6) is 1.26. The van der Waals surface area contributed by atoms with Crippen molar-refractivity contribution in [1.82, 2.24) is 14.7 Å². The van der Waals surface area contributed by atoms with Crippen molar-refractivity contribution < 1.29 is 8.42 Å². The predicted octanol–water partition coefficient (Wildman–Crippen LogP) is 0.0514. The number of aromatic nitrogens is 2. The third-order valence-electron chi connectivity index (χ3n) is 4.46. The van der Waals surface area contributed by atoms with Crippen molar-refractivity contribution >= 4 is 21.7 Å². The molecule has 0 saturated carbocycles. The van der Waals surface area contributed by atoms with Gasteiger partial charge in [-0.2, -0.15) is 13.5 Å². The van der Waals surface area contributed by atoms with Crippen LogP contribution in [-0.2, 0) is 17.1 Å². The van der Waals surface area contributed by atoms with E-state index in [4.69, 9.17) is 0 Å². The normalized spacial score (nSPS) is 18.8. The third-order valence-corrected chi connectivity index (χ3v) is 5.79. The summed E-state index contributed by atoms with van der Waals surface area (Å²) in [6, 6.07) is 10.1. The summed E-state index contributed by atoms with van der Waals surface area (Å²) in [6.45, 7) is 2.61. The molecular weight excluding hydrogens is 342 g/mol. The molecule has 1 fully saturated rings. The number of anilines is 1. The largest absolute Gasteiger partial charge is 0.352 e. The van der Waals surface area contributed by atoms with Crippen LogP contribution in [0.3, 0.4) is 0 Å². The van der Waals surface area contributed by atoms with Crippen LogP contribution in [0.4, 0.5) is 5.82 Å². The van der Waals surface area contributed by atoms with E-state index < -0.39 is 10.0 Å². The van der Waals surface area contributed by atoms with Crippen LogP contribution < -0.4 is 10.5 Å². The fourth-order valence-corrected chi connectivity index (χ4v) is 4.35. The number of amidine groups is 1. The van der Waals surface area contributed by atoms with E-state index in [2.05, 4.69) is 14.4 Å². The molecule has 0 atom stereocenters. The minimum atomic E-state index is -3.60. The van der Waals surface area contributed by atoms with Crippen LogP contribution in [0, 0.1) is 0 Å². The van der Waals surface area contributed by atoms with Crippen LogP contribution >= 0.6 is 0 Å². The van der Waals surface area contributed by atoms with Gasteiger partial charge >= 0.3 is 0 Å². The summed E-state index contributed by atoms with van der Waals surface area (Å²) < 4.78 is 29.7. The van der Waals surface area contributed by atoms with Crippen molar-refractivity contribution in [2.75, 3.05) is 31.1 Å². The van der Waals surface area contributed by atoms with E-state index in [1.807, 2.05) is 11.0 Å². The molecule has 1 aromatic heterocycles. The first kappa shape index (κ1) is 15.8. The maximum Gasteiger partial charge on any atom is 0.285 e. The highest BCUT2D eigenvalue weighted by atomic mass is 32.2. The van der Waals surface area contributed by atoms with E-state index >= 15 is 0 Å². The number of rotatable bonds is 1. The van der Waals surface area contributed by atoms with Gasteiger partial charge in [0.15, 0.2) is 5.84 Å². The van der Waals surface area contributed by atoms with Gasteiger partial charge in [-0.15, -0.1) is 4.40 Å². The van der Waals surface area contributed by atoms with Gasteiger partial charge in [0.25, 0.3) is 15.6 Å². The highest BCUT2D eigenvalue weighted by molar-refractivity contribution is 7.90. The zero-order valence-corrected chi connectivity index (χ0v) is 14.5. The summed E-state index contributed by atoms with van der Waals surface area (Å²) >= 11 is 0. The van der Waals surface area contributed by atoms with E-state index in [9.17, 15) is 13.2 Å². The molecule has 2 aliphatic heterocycles. The number of fused-ring (bicyclic) bond motifs is 1. The average Bonchev–Trinajstić information content (AvgIpc) is 2.89. The summed E-state index contributed by atoms with van der Waals surface area (Å²) in [4.78, 5) is 15.8. The van der Waals surface area contributed by atoms with Crippen molar-refractivity contribution in [3.63, 3.8) is 0 Å². The molecule has 0 bridgehead atoms. The van der Waals surface area contributed by atoms with E-state index in [0.717, 1.165) is 5.82 Å². The number of nitrogens with zero attached hydrogens (tertiary/aromatic N) is 5. The molecule has 0 N–H and O–H groups in total. The van der Waals surface area contributed by atoms with Crippen LogP contribution in [0.2, 0.25) is 0 Å². The van der Waals surface area contributed by atoms with Crippen LogP contribution in [0.15, 0.2) is 50.5 Å². The minimum Gasteiger partial charge on any atom is -0.352 e. The molecule has 8 nitrogen and oxygen atoms in total. The highest BCUT2D eigenvalue weighted by Crippen LogP contribution is 2.28. The molecule has 130 valence electrons. The number of hydrogen-bond donors (Lipinski definition) is 0. The SMILES string of the molecule is Cn1nc(N2CCN(C3=NS(=O)(=O)c4ccccc43)CC2)ccc1=O. The highest BCUT2D eigenvalue weighted by Gasteiger charge is 2.33. The molecular formula is C16H17N5O3S. The van der Waals surface area contributed by atoms with E-state index in [0.29, 0.717) is 37.6 Å². The van der Waals surface area contributed by atoms with E-state index in [1.165, 1.54) is 10.7 Å². The van der Waals surface area contributed by atoms with Gasteiger partial charge in [0.2, 0.25) is 0 Å². The Labute approximate surface area is 145 Å². The molecule has 0 aliphatic carbocycles. The molecule has 0 spiro atoms. The molecule has 25 heavy (non-hydrogen) atoms.